The van der Waals surface area contributed by atoms with E-state index < -0.39 is 0 Å². The van der Waals surface area contributed by atoms with Gasteiger partial charge in [0.05, 0.1) is 6.61 Å². The van der Waals surface area contributed by atoms with E-state index in [-0.39, 0.29) is 12.1 Å². The maximum atomic E-state index is 11.7. The van der Waals surface area contributed by atoms with Crippen LogP contribution in [-0.4, -0.2) is 67.0 Å². The van der Waals surface area contributed by atoms with Gasteiger partial charge in [0.25, 0.3) is 0 Å². The van der Waals surface area contributed by atoms with Crippen molar-refractivity contribution in [1.29, 1.82) is 0 Å². The predicted octanol–water partition coefficient (Wildman–Crippen LogP) is 1.96. The maximum Gasteiger partial charge on any atom is 0.409 e. The molecule has 0 saturated carbocycles. The monoisotopic (exact) mass is 337 g/mol. The summed E-state index contributed by atoms with van der Waals surface area (Å²) < 4.78 is 10.1. The minimum absolute atomic E-state index is 0.227. The molecule has 2 N–H and O–H groups in total. The van der Waals surface area contributed by atoms with Crippen molar-refractivity contribution in [3.63, 3.8) is 0 Å². The smallest absolute Gasteiger partial charge is 0.409 e. The first kappa shape index (κ1) is 18.3. The SMILES string of the molecule is CCOC(=O)N1CCC(Nc2nccc(NCCCOC)n2)CC1. The van der Waals surface area contributed by atoms with Gasteiger partial charge >= 0.3 is 6.09 Å². The Kier molecular flexibility index (Phi) is 7.54. The lowest BCUT2D eigenvalue weighted by molar-refractivity contribution is 0.0983. The number of amides is 1. The number of piperidine rings is 1. The van der Waals surface area contributed by atoms with Gasteiger partial charge in [-0.2, -0.15) is 4.98 Å². The van der Waals surface area contributed by atoms with E-state index in [0.29, 0.717) is 25.6 Å². The van der Waals surface area contributed by atoms with Crippen LogP contribution in [0.4, 0.5) is 16.6 Å². The standard InChI is InChI=1S/C16H27N5O3/c1-3-24-16(22)21-10-6-13(7-11-21)19-15-18-9-5-14(20-15)17-8-4-12-23-2/h5,9,13H,3-4,6-8,10-12H2,1-2H3,(H2,17,18,19,20). The van der Waals surface area contributed by atoms with Gasteiger partial charge in [-0.25, -0.2) is 9.78 Å². The number of ether oxygens (including phenoxy) is 2. The number of carbonyl (C=O) groups excluding carboxylic acids is 1. The highest BCUT2D eigenvalue weighted by Gasteiger charge is 2.23. The lowest BCUT2D eigenvalue weighted by atomic mass is 10.1. The van der Waals surface area contributed by atoms with Crippen LogP contribution in [0.3, 0.4) is 0 Å². The van der Waals surface area contributed by atoms with Gasteiger partial charge in [0.2, 0.25) is 5.95 Å². The van der Waals surface area contributed by atoms with Crippen LogP contribution in [0.1, 0.15) is 26.2 Å². The Bertz CT molecular complexity index is 506. The van der Waals surface area contributed by atoms with Crippen LogP contribution in [0.15, 0.2) is 12.3 Å². The minimum atomic E-state index is -0.227. The Morgan fingerprint density at radius 2 is 2.21 bits per heavy atom. The predicted molar refractivity (Wildman–Crippen MR) is 92.3 cm³/mol. The third-order valence-electron chi connectivity index (χ3n) is 3.84. The fourth-order valence-electron chi connectivity index (χ4n) is 2.56. The Morgan fingerprint density at radius 1 is 1.42 bits per heavy atom. The Labute approximate surface area is 142 Å². The molecule has 134 valence electrons. The molecule has 0 unspecified atom stereocenters. The van der Waals surface area contributed by atoms with E-state index in [1.807, 2.05) is 13.0 Å². The van der Waals surface area contributed by atoms with Crippen LogP contribution in [-0.2, 0) is 9.47 Å². The molecule has 0 aromatic carbocycles. The van der Waals surface area contributed by atoms with E-state index in [9.17, 15) is 4.79 Å². The summed E-state index contributed by atoms with van der Waals surface area (Å²) in [6.07, 6.45) is 4.15. The second-order valence-corrected chi connectivity index (χ2v) is 5.64. The summed E-state index contributed by atoms with van der Waals surface area (Å²) in [6, 6.07) is 2.11. The van der Waals surface area contributed by atoms with Crippen LogP contribution in [0.2, 0.25) is 0 Å². The molecular formula is C16H27N5O3. The molecule has 1 aromatic rings. The highest BCUT2D eigenvalue weighted by Crippen LogP contribution is 2.16. The first-order valence-corrected chi connectivity index (χ1v) is 8.47. The molecule has 0 aliphatic carbocycles. The van der Waals surface area contributed by atoms with Gasteiger partial charge in [-0.1, -0.05) is 0 Å². The van der Waals surface area contributed by atoms with E-state index in [0.717, 1.165) is 38.2 Å². The second kappa shape index (κ2) is 9.92. The van der Waals surface area contributed by atoms with Gasteiger partial charge in [-0.05, 0) is 32.3 Å². The molecule has 0 radical (unpaired) electrons. The summed E-state index contributed by atoms with van der Waals surface area (Å²) in [7, 11) is 1.69. The van der Waals surface area contributed by atoms with Gasteiger partial charge < -0.3 is 25.0 Å². The zero-order valence-corrected chi connectivity index (χ0v) is 14.5. The van der Waals surface area contributed by atoms with Crippen LogP contribution >= 0.6 is 0 Å². The zero-order chi connectivity index (χ0) is 17.2. The number of carbonyl (C=O) groups is 1. The number of methoxy groups -OCH3 is 1. The number of aromatic nitrogens is 2. The van der Waals surface area contributed by atoms with E-state index in [2.05, 4.69) is 20.6 Å². The first-order chi connectivity index (χ1) is 11.7. The normalized spacial score (nSPS) is 15.2. The molecule has 1 amide bonds. The summed E-state index contributed by atoms with van der Waals surface area (Å²) in [5.74, 6) is 1.41. The molecular weight excluding hydrogens is 310 g/mol. The van der Waals surface area contributed by atoms with Gasteiger partial charge in [0, 0.05) is 45.6 Å². The molecule has 2 heterocycles. The average Bonchev–Trinajstić information content (AvgIpc) is 2.60. The summed E-state index contributed by atoms with van der Waals surface area (Å²) in [4.78, 5) is 22.2. The summed E-state index contributed by atoms with van der Waals surface area (Å²) >= 11 is 0. The molecule has 1 aromatic heterocycles. The van der Waals surface area contributed by atoms with Crippen LogP contribution in [0.25, 0.3) is 0 Å². The van der Waals surface area contributed by atoms with Crippen LogP contribution in [0, 0.1) is 0 Å². The largest absolute Gasteiger partial charge is 0.450 e. The maximum absolute atomic E-state index is 11.7. The molecule has 8 heteroatoms. The highest BCUT2D eigenvalue weighted by molar-refractivity contribution is 5.67. The van der Waals surface area contributed by atoms with Crippen LogP contribution in [0.5, 0.6) is 0 Å². The van der Waals surface area contributed by atoms with E-state index in [1.165, 1.54) is 0 Å². The molecule has 1 fully saturated rings. The van der Waals surface area contributed by atoms with Crippen molar-refractivity contribution in [3.05, 3.63) is 12.3 Å². The number of hydrogen-bond acceptors (Lipinski definition) is 7. The van der Waals surface area contributed by atoms with Crippen molar-refractivity contribution in [3.8, 4) is 0 Å². The Balaban J connectivity index is 1.77. The molecule has 1 aliphatic rings. The van der Waals surface area contributed by atoms with Gasteiger partial charge in [-0.15, -0.1) is 0 Å². The van der Waals surface area contributed by atoms with Crippen molar-refractivity contribution in [2.75, 3.05) is 50.6 Å². The topological polar surface area (TPSA) is 88.6 Å². The molecule has 1 aliphatic heterocycles. The fourth-order valence-corrected chi connectivity index (χ4v) is 2.56. The number of nitrogens with zero attached hydrogens (tertiary/aromatic N) is 3. The van der Waals surface area contributed by atoms with Crippen molar-refractivity contribution in [2.45, 2.75) is 32.2 Å². The Hall–Kier alpha value is -2.09. The molecule has 2 rings (SSSR count). The summed E-state index contributed by atoms with van der Waals surface area (Å²) in [6.45, 7) is 5.14. The Morgan fingerprint density at radius 3 is 2.92 bits per heavy atom. The number of hydrogen-bond donors (Lipinski definition) is 2. The highest BCUT2D eigenvalue weighted by atomic mass is 16.6. The van der Waals surface area contributed by atoms with E-state index >= 15 is 0 Å². The lowest BCUT2D eigenvalue weighted by Gasteiger charge is -2.31. The van der Waals surface area contributed by atoms with E-state index in [1.54, 1.807) is 18.2 Å². The van der Waals surface area contributed by atoms with Crippen molar-refractivity contribution in [2.24, 2.45) is 0 Å². The molecule has 0 spiro atoms. The summed E-state index contributed by atoms with van der Waals surface area (Å²) in [5, 5.41) is 6.60. The first-order valence-electron chi connectivity index (χ1n) is 8.47. The number of rotatable bonds is 8. The molecule has 24 heavy (non-hydrogen) atoms. The minimum Gasteiger partial charge on any atom is -0.450 e. The average molecular weight is 337 g/mol. The van der Waals surface area contributed by atoms with Crippen molar-refractivity contribution < 1.29 is 14.3 Å². The molecule has 0 atom stereocenters. The number of likely N-dealkylation sites (tertiary alicyclic amines) is 1. The molecule has 8 nitrogen and oxygen atoms in total. The third kappa shape index (κ3) is 5.84. The number of nitrogens with one attached hydrogen (secondary N) is 2. The quantitative estimate of drug-likeness (QED) is 0.701. The second-order valence-electron chi connectivity index (χ2n) is 5.64. The van der Waals surface area contributed by atoms with Gasteiger partial charge in [0.15, 0.2) is 0 Å². The zero-order valence-electron chi connectivity index (χ0n) is 14.5. The van der Waals surface area contributed by atoms with Gasteiger partial charge in [0.1, 0.15) is 5.82 Å². The van der Waals surface area contributed by atoms with E-state index in [4.69, 9.17) is 9.47 Å². The molecule has 1 saturated heterocycles. The third-order valence-corrected chi connectivity index (χ3v) is 3.84. The van der Waals surface area contributed by atoms with Crippen molar-refractivity contribution in [1.82, 2.24) is 14.9 Å². The lowest BCUT2D eigenvalue weighted by Crippen LogP contribution is -2.42. The van der Waals surface area contributed by atoms with Crippen molar-refractivity contribution >= 4 is 17.9 Å². The van der Waals surface area contributed by atoms with Gasteiger partial charge in [-0.3, -0.25) is 0 Å². The molecule has 0 bridgehead atoms. The van der Waals surface area contributed by atoms with Crippen LogP contribution < -0.4 is 10.6 Å². The fraction of sp³-hybridized carbons (Fsp3) is 0.688. The number of anilines is 2. The summed E-state index contributed by atoms with van der Waals surface area (Å²) in [5.41, 5.74) is 0.